The number of benzene rings is 1. The van der Waals surface area contributed by atoms with Crippen molar-refractivity contribution in [2.75, 3.05) is 32.8 Å². The highest BCUT2D eigenvalue weighted by atomic mass is 16.5. The number of nitrogens with zero attached hydrogens (tertiary/aromatic N) is 1. The second-order valence-corrected chi connectivity index (χ2v) is 6.09. The van der Waals surface area contributed by atoms with Gasteiger partial charge in [-0.15, -0.1) is 0 Å². The first kappa shape index (κ1) is 14.4. The fraction of sp³-hybridized carbons (Fsp3) is 0.556. The Morgan fingerprint density at radius 2 is 2.05 bits per heavy atom. The molecule has 0 aromatic heterocycles. The predicted molar refractivity (Wildman–Crippen MR) is 85.1 cm³/mol. The molecule has 2 aliphatic rings. The van der Waals surface area contributed by atoms with Crippen LogP contribution in [0.1, 0.15) is 24.8 Å². The first-order chi connectivity index (χ1) is 10.3. The zero-order chi connectivity index (χ0) is 14.5. The van der Waals surface area contributed by atoms with Crippen molar-refractivity contribution in [2.45, 2.75) is 19.3 Å². The lowest BCUT2D eigenvalue weighted by Gasteiger charge is -2.17. The van der Waals surface area contributed by atoms with E-state index < -0.39 is 0 Å². The lowest BCUT2D eigenvalue weighted by Crippen LogP contribution is -2.27. The topological polar surface area (TPSA) is 38.5 Å². The van der Waals surface area contributed by atoms with Crippen molar-refractivity contribution in [3.63, 3.8) is 0 Å². The first-order valence-electron chi connectivity index (χ1n) is 7.99. The van der Waals surface area contributed by atoms with Gasteiger partial charge in [-0.2, -0.15) is 0 Å². The van der Waals surface area contributed by atoms with Crippen molar-refractivity contribution in [1.82, 2.24) is 4.90 Å². The van der Waals surface area contributed by atoms with Gasteiger partial charge >= 0.3 is 0 Å². The highest BCUT2D eigenvalue weighted by Crippen LogP contribution is 2.37. The number of nitrogens with two attached hydrogens (primary N) is 1. The quantitative estimate of drug-likeness (QED) is 0.861. The van der Waals surface area contributed by atoms with E-state index in [0.717, 1.165) is 36.3 Å². The van der Waals surface area contributed by atoms with E-state index in [1.807, 2.05) is 24.3 Å². The predicted octanol–water partition coefficient (Wildman–Crippen LogP) is 2.11. The molecular formula is C18H24N2O. The zero-order valence-electron chi connectivity index (χ0n) is 12.6. The minimum absolute atomic E-state index is 0.391. The molecule has 2 unspecified atom stereocenters. The number of ether oxygens (including phenoxy) is 1. The molecule has 2 N–H and O–H groups in total. The Morgan fingerprint density at radius 3 is 2.81 bits per heavy atom. The molecular weight excluding hydrogens is 260 g/mol. The molecule has 3 rings (SSSR count). The van der Waals surface area contributed by atoms with Crippen LogP contribution in [0.3, 0.4) is 0 Å². The molecule has 1 aliphatic carbocycles. The minimum atomic E-state index is 0.391. The lowest BCUT2D eigenvalue weighted by molar-refractivity contribution is 0.227. The molecule has 21 heavy (non-hydrogen) atoms. The number of rotatable bonds is 4. The van der Waals surface area contributed by atoms with Gasteiger partial charge < -0.3 is 10.5 Å². The molecule has 1 aromatic rings. The van der Waals surface area contributed by atoms with Crippen molar-refractivity contribution in [3.05, 3.63) is 29.8 Å². The summed E-state index contributed by atoms with van der Waals surface area (Å²) in [5.41, 5.74) is 6.36. The summed E-state index contributed by atoms with van der Waals surface area (Å²) in [5.74, 6) is 8.72. The molecule has 2 fully saturated rings. The van der Waals surface area contributed by atoms with E-state index in [9.17, 15) is 0 Å². The van der Waals surface area contributed by atoms with Gasteiger partial charge in [-0.25, -0.2) is 0 Å². The molecule has 0 spiro atoms. The smallest absolute Gasteiger partial charge is 0.120 e. The second kappa shape index (κ2) is 6.98. The van der Waals surface area contributed by atoms with E-state index in [2.05, 4.69) is 16.7 Å². The van der Waals surface area contributed by atoms with Crippen LogP contribution >= 0.6 is 0 Å². The van der Waals surface area contributed by atoms with E-state index in [0.29, 0.717) is 6.54 Å². The van der Waals surface area contributed by atoms with Gasteiger partial charge in [0.15, 0.2) is 0 Å². The van der Waals surface area contributed by atoms with Gasteiger partial charge in [0.2, 0.25) is 0 Å². The van der Waals surface area contributed by atoms with E-state index in [1.54, 1.807) is 0 Å². The second-order valence-electron chi connectivity index (χ2n) is 6.09. The maximum Gasteiger partial charge on any atom is 0.120 e. The van der Waals surface area contributed by atoms with Crippen molar-refractivity contribution >= 4 is 0 Å². The van der Waals surface area contributed by atoms with Crippen molar-refractivity contribution in [3.8, 4) is 17.6 Å². The van der Waals surface area contributed by atoms with Gasteiger partial charge in [0.25, 0.3) is 0 Å². The molecule has 1 saturated carbocycles. The minimum Gasteiger partial charge on any atom is -0.492 e. The molecule has 1 aliphatic heterocycles. The molecule has 1 aromatic carbocycles. The largest absolute Gasteiger partial charge is 0.492 e. The standard InChI is InChI=1S/C18H24N2O/c19-9-3-5-15-4-1-8-18(12-15)21-11-10-20-13-16-6-2-7-17(16)14-20/h1,4,8,12,16-17H,2,6-7,9-11,13-14,19H2. The molecule has 0 bridgehead atoms. The van der Waals surface area contributed by atoms with Crippen LogP contribution in [0.2, 0.25) is 0 Å². The number of hydrogen-bond acceptors (Lipinski definition) is 3. The van der Waals surface area contributed by atoms with E-state index in [1.165, 1.54) is 32.4 Å². The Balaban J connectivity index is 1.45. The Hall–Kier alpha value is -1.50. The van der Waals surface area contributed by atoms with Crippen molar-refractivity contribution < 1.29 is 4.74 Å². The van der Waals surface area contributed by atoms with Crippen LogP contribution in [0.5, 0.6) is 5.75 Å². The van der Waals surface area contributed by atoms with Crippen LogP contribution in [-0.2, 0) is 0 Å². The van der Waals surface area contributed by atoms with Crippen molar-refractivity contribution in [1.29, 1.82) is 0 Å². The summed E-state index contributed by atoms with van der Waals surface area (Å²) in [6.45, 7) is 4.73. The molecule has 3 heteroatoms. The average Bonchev–Trinajstić information content (AvgIpc) is 3.07. The normalized spacial score (nSPS) is 24.4. The summed E-state index contributed by atoms with van der Waals surface area (Å²) < 4.78 is 5.87. The van der Waals surface area contributed by atoms with Gasteiger partial charge in [0, 0.05) is 25.2 Å². The molecule has 1 saturated heterocycles. The Morgan fingerprint density at radius 1 is 1.24 bits per heavy atom. The Bertz CT molecular complexity index is 520. The fourth-order valence-corrected chi connectivity index (χ4v) is 3.62. The third-order valence-electron chi connectivity index (χ3n) is 4.65. The van der Waals surface area contributed by atoms with Crippen LogP contribution in [0.25, 0.3) is 0 Å². The molecule has 0 radical (unpaired) electrons. The van der Waals surface area contributed by atoms with E-state index >= 15 is 0 Å². The summed E-state index contributed by atoms with van der Waals surface area (Å²) in [6, 6.07) is 7.95. The summed E-state index contributed by atoms with van der Waals surface area (Å²) >= 11 is 0. The highest BCUT2D eigenvalue weighted by Gasteiger charge is 2.35. The summed E-state index contributed by atoms with van der Waals surface area (Å²) in [7, 11) is 0. The lowest BCUT2D eigenvalue weighted by atomic mass is 10.0. The summed E-state index contributed by atoms with van der Waals surface area (Å²) in [4.78, 5) is 2.56. The summed E-state index contributed by atoms with van der Waals surface area (Å²) in [6.07, 6.45) is 4.31. The van der Waals surface area contributed by atoms with Crippen LogP contribution in [0.15, 0.2) is 24.3 Å². The van der Waals surface area contributed by atoms with Gasteiger partial charge in [0.1, 0.15) is 12.4 Å². The Labute approximate surface area is 127 Å². The summed E-state index contributed by atoms with van der Waals surface area (Å²) in [5, 5.41) is 0. The van der Waals surface area contributed by atoms with Crippen LogP contribution in [0, 0.1) is 23.7 Å². The fourth-order valence-electron chi connectivity index (χ4n) is 3.62. The maximum atomic E-state index is 5.87. The van der Waals surface area contributed by atoms with Gasteiger partial charge in [-0.1, -0.05) is 24.3 Å². The Kier molecular flexibility index (Phi) is 4.80. The molecule has 3 nitrogen and oxygen atoms in total. The third kappa shape index (κ3) is 3.78. The molecule has 0 amide bonds. The van der Waals surface area contributed by atoms with Crippen molar-refractivity contribution in [2.24, 2.45) is 17.6 Å². The van der Waals surface area contributed by atoms with Crippen LogP contribution < -0.4 is 10.5 Å². The van der Waals surface area contributed by atoms with Crippen LogP contribution in [0.4, 0.5) is 0 Å². The first-order valence-corrected chi connectivity index (χ1v) is 7.99. The van der Waals surface area contributed by atoms with E-state index in [4.69, 9.17) is 10.5 Å². The SMILES string of the molecule is NCC#Cc1cccc(OCCN2CC3CCCC3C2)c1. The monoisotopic (exact) mass is 284 g/mol. The number of fused-ring (bicyclic) bond motifs is 1. The highest BCUT2D eigenvalue weighted by molar-refractivity contribution is 5.39. The molecule has 1 heterocycles. The zero-order valence-corrected chi connectivity index (χ0v) is 12.6. The maximum absolute atomic E-state index is 5.87. The average molecular weight is 284 g/mol. The molecule has 112 valence electrons. The van der Waals surface area contributed by atoms with Crippen LogP contribution in [-0.4, -0.2) is 37.7 Å². The third-order valence-corrected chi connectivity index (χ3v) is 4.65. The molecule has 2 atom stereocenters. The number of likely N-dealkylation sites (tertiary alicyclic amines) is 1. The van der Waals surface area contributed by atoms with Gasteiger partial charge in [-0.05, 0) is 42.9 Å². The number of hydrogen-bond donors (Lipinski definition) is 1. The van der Waals surface area contributed by atoms with Gasteiger partial charge in [0.05, 0.1) is 6.54 Å². The van der Waals surface area contributed by atoms with E-state index in [-0.39, 0.29) is 0 Å². The van der Waals surface area contributed by atoms with Gasteiger partial charge in [-0.3, -0.25) is 4.90 Å².